The van der Waals surface area contributed by atoms with Crippen molar-refractivity contribution in [2.75, 3.05) is 32.5 Å². The van der Waals surface area contributed by atoms with Gasteiger partial charge in [-0.3, -0.25) is 14.2 Å². The van der Waals surface area contributed by atoms with Gasteiger partial charge in [-0.1, -0.05) is 77.4 Å². The zero-order valence-corrected chi connectivity index (χ0v) is 25.7. The maximum absolute atomic E-state index is 13.1. The second kappa shape index (κ2) is 13.6. The Morgan fingerprint density at radius 2 is 1.76 bits per heavy atom. The number of aromatic nitrogens is 3. The summed E-state index contributed by atoms with van der Waals surface area (Å²) in [5, 5.41) is 10.5. The first-order chi connectivity index (χ1) is 20.4. The third kappa shape index (κ3) is 6.59. The van der Waals surface area contributed by atoms with Gasteiger partial charge >= 0.3 is 0 Å². The predicted molar refractivity (Wildman–Crippen MR) is 167 cm³/mol. The lowest BCUT2D eigenvalue weighted by Crippen LogP contribution is -2.55. The van der Waals surface area contributed by atoms with E-state index in [0.29, 0.717) is 53.8 Å². The molecule has 5 rings (SSSR count). The molecular formula is C31H31Cl2N5O3S. The van der Waals surface area contributed by atoms with E-state index in [1.807, 2.05) is 71.0 Å². The summed E-state index contributed by atoms with van der Waals surface area (Å²) in [6, 6.07) is 22.4. The van der Waals surface area contributed by atoms with Gasteiger partial charge in [0.15, 0.2) is 11.0 Å². The summed E-state index contributed by atoms with van der Waals surface area (Å²) < 4.78 is 7.64. The smallest absolute Gasteiger partial charge is 0.255 e. The van der Waals surface area contributed by atoms with Gasteiger partial charge in [0.2, 0.25) is 5.91 Å². The lowest BCUT2D eigenvalue weighted by Gasteiger charge is -2.40. The fraction of sp³-hybridized carbons (Fsp3) is 0.290. The molecule has 1 aromatic heterocycles. The maximum Gasteiger partial charge on any atom is 0.255 e. The Morgan fingerprint density at radius 1 is 1.00 bits per heavy atom. The second-order valence-electron chi connectivity index (χ2n) is 9.94. The van der Waals surface area contributed by atoms with Gasteiger partial charge in [0.1, 0.15) is 5.75 Å². The lowest BCUT2D eigenvalue weighted by molar-refractivity contribution is -0.133. The molecule has 0 N–H and O–H groups in total. The first kappa shape index (κ1) is 29.9. The van der Waals surface area contributed by atoms with Crippen molar-refractivity contribution in [2.45, 2.75) is 31.0 Å². The standard InChI is InChI=1S/C31H31Cl2N5O3S/c1-21-20-36(16-17-37(21)30(40)24-15-14-23(32)19-25(24)33)28(39)13-8-18-42-31-35-34-29(22-9-4-3-5-10-22)38(31)26-11-6-7-12-27(26)41-2/h3-7,9-12,14-15,19,21H,8,13,16-18,20H2,1-2H3. The van der Waals surface area contributed by atoms with E-state index in [4.69, 9.17) is 27.9 Å². The number of para-hydroxylation sites is 2. The van der Waals surface area contributed by atoms with Gasteiger partial charge in [-0.05, 0) is 43.7 Å². The number of benzene rings is 3. The van der Waals surface area contributed by atoms with Gasteiger partial charge in [0.05, 0.1) is 23.4 Å². The minimum absolute atomic E-state index is 0.0789. The number of carbonyl (C=O) groups is 2. The van der Waals surface area contributed by atoms with Crippen LogP contribution >= 0.6 is 35.0 Å². The Kier molecular flexibility index (Phi) is 9.72. The van der Waals surface area contributed by atoms with Crippen LogP contribution in [0.1, 0.15) is 30.1 Å². The molecule has 11 heteroatoms. The molecule has 2 amide bonds. The molecule has 8 nitrogen and oxygen atoms in total. The highest BCUT2D eigenvalue weighted by atomic mass is 35.5. The number of amides is 2. The van der Waals surface area contributed by atoms with Crippen LogP contribution < -0.4 is 4.74 Å². The quantitative estimate of drug-likeness (QED) is 0.156. The molecule has 1 aliphatic heterocycles. The summed E-state index contributed by atoms with van der Waals surface area (Å²) >= 11 is 13.8. The molecule has 0 saturated carbocycles. The molecule has 0 spiro atoms. The van der Waals surface area contributed by atoms with E-state index in [-0.39, 0.29) is 17.9 Å². The van der Waals surface area contributed by atoms with E-state index in [1.165, 1.54) is 0 Å². The van der Waals surface area contributed by atoms with Crippen LogP contribution in [-0.2, 0) is 4.79 Å². The predicted octanol–water partition coefficient (Wildman–Crippen LogP) is 6.50. The molecule has 0 bridgehead atoms. The van der Waals surface area contributed by atoms with Gasteiger partial charge in [-0.15, -0.1) is 10.2 Å². The zero-order chi connectivity index (χ0) is 29.6. The minimum atomic E-state index is -0.151. The number of hydrogen-bond acceptors (Lipinski definition) is 6. The molecule has 1 unspecified atom stereocenters. The number of piperazine rings is 1. The van der Waals surface area contributed by atoms with Crippen molar-refractivity contribution in [3.05, 3.63) is 88.4 Å². The maximum atomic E-state index is 13.1. The van der Waals surface area contributed by atoms with Gasteiger partial charge in [0.25, 0.3) is 5.91 Å². The fourth-order valence-corrected chi connectivity index (χ4v) is 6.39. The Morgan fingerprint density at radius 3 is 2.50 bits per heavy atom. The van der Waals surface area contributed by atoms with Gasteiger partial charge < -0.3 is 14.5 Å². The number of methoxy groups -OCH3 is 1. The molecule has 1 aliphatic rings. The van der Waals surface area contributed by atoms with E-state index in [2.05, 4.69) is 10.2 Å². The van der Waals surface area contributed by atoms with Crippen molar-refractivity contribution in [1.82, 2.24) is 24.6 Å². The van der Waals surface area contributed by atoms with Crippen LogP contribution in [0.5, 0.6) is 5.75 Å². The summed E-state index contributed by atoms with van der Waals surface area (Å²) in [6.45, 7) is 3.36. The molecule has 0 radical (unpaired) electrons. The van der Waals surface area contributed by atoms with Crippen LogP contribution in [0.15, 0.2) is 78.0 Å². The topological polar surface area (TPSA) is 80.6 Å². The van der Waals surface area contributed by atoms with Crippen molar-refractivity contribution < 1.29 is 14.3 Å². The second-order valence-corrected chi connectivity index (χ2v) is 11.8. The number of hydrogen-bond donors (Lipinski definition) is 0. The fourth-order valence-electron chi connectivity index (χ4n) is 5.02. The van der Waals surface area contributed by atoms with Crippen LogP contribution in [0, 0.1) is 0 Å². The molecule has 4 aromatic rings. The minimum Gasteiger partial charge on any atom is -0.495 e. The van der Waals surface area contributed by atoms with E-state index < -0.39 is 0 Å². The highest BCUT2D eigenvalue weighted by Crippen LogP contribution is 2.33. The Bertz CT molecular complexity index is 1570. The van der Waals surface area contributed by atoms with Crippen LogP contribution in [0.4, 0.5) is 0 Å². The van der Waals surface area contributed by atoms with Gasteiger partial charge in [0, 0.05) is 48.4 Å². The number of thioether (sulfide) groups is 1. The van der Waals surface area contributed by atoms with Gasteiger partial charge in [-0.2, -0.15) is 0 Å². The third-order valence-corrected chi connectivity index (χ3v) is 8.72. The van der Waals surface area contributed by atoms with Crippen LogP contribution in [-0.4, -0.2) is 74.9 Å². The van der Waals surface area contributed by atoms with Crippen LogP contribution in [0.3, 0.4) is 0 Å². The Hall–Kier alpha value is -3.53. The molecule has 218 valence electrons. The Balaban J connectivity index is 1.19. The van der Waals surface area contributed by atoms with E-state index in [9.17, 15) is 9.59 Å². The monoisotopic (exact) mass is 623 g/mol. The number of rotatable bonds is 9. The summed E-state index contributed by atoms with van der Waals surface area (Å²) in [6.07, 6.45) is 1.09. The number of carbonyl (C=O) groups excluding carboxylic acids is 2. The highest BCUT2D eigenvalue weighted by Gasteiger charge is 2.31. The van der Waals surface area contributed by atoms with E-state index in [0.717, 1.165) is 28.0 Å². The van der Waals surface area contributed by atoms with Crippen molar-refractivity contribution in [2.24, 2.45) is 0 Å². The van der Waals surface area contributed by atoms with Gasteiger partial charge in [-0.25, -0.2) is 0 Å². The number of halogens is 2. The highest BCUT2D eigenvalue weighted by molar-refractivity contribution is 7.99. The number of nitrogens with zero attached hydrogens (tertiary/aromatic N) is 5. The molecule has 1 atom stereocenters. The molecule has 1 fully saturated rings. The summed E-state index contributed by atoms with van der Waals surface area (Å²) in [4.78, 5) is 29.8. The zero-order valence-electron chi connectivity index (χ0n) is 23.4. The Labute approximate surface area is 259 Å². The molecule has 2 heterocycles. The average molecular weight is 625 g/mol. The normalized spacial score (nSPS) is 15.1. The molecule has 3 aromatic carbocycles. The van der Waals surface area contributed by atoms with E-state index in [1.54, 1.807) is 42.0 Å². The summed E-state index contributed by atoms with van der Waals surface area (Å²) in [5.41, 5.74) is 2.22. The number of ether oxygens (including phenoxy) is 1. The van der Waals surface area contributed by atoms with Crippen molar-refractivity contribution in [3.8, 4) is 22.8 Å². The largest absolute Gasteiger partial charge is 0.495 e. The molecule has 42 heavy (non-hydrogen) atoms. The third-order valence-electron chi connectivity index (χ3n) is 7.16. The first-order valence-electron chi connectivity index (χ1n) is 13.7. The van der Waals surface area contributed by atoms with E-state index >= 15 is 0 Å². The van der Waals surface area contributed by atoms with Crippen molar-refractivity contribution >= 4 is 46.8 Å². The van der Waals surface area contributed by atoms with Crippen LogP contribution in [0.25, 0.3) is 17.1 Å². The SMILES string of the molecule is COc1ccccc1-n1c(SCCCC(=O)N2CCN(C(=O)c3ccc(Cl)cc3Cl)C(C)C2)nnc1-c1ccccc1. The molecule has 1 saturated heterocycles. The summed E-state index contributed by atoms with van der Waals surface area (Å²) in [7, 11) is 1.65. The molecule has 0 aliphatic carbocycles. The summed E-state index contributed by atoms with van der Waals surface area (Å²) in [5.74, 6) is 2.06. The van der Waals surface area contributed by atoms with Crippen molar-refractivity contribution in [1.29, 1.82) is 0 Å². The lowest BCUT2D eigenvalue weighted by atomic mass is 10.1. The first-order valence-corrected chi connectivity index (χ1v) is 15.4. The van der Waals surface area contributed by atoms with Crippen LogP contribution in [0.2, 0.25) is 10.0 Å². The van der Waals surface area contributed by atoms with Crippen molar-refractivity contribution in [3.63, 3.8) is 0 Å². The molecular weight excluding hydrogens is 593 g/mol. The average Bonchev–Trinajstić information content (AvgIpc) is 3.43.